The molecule has 1 aromatic carbocycles. The lowest BCUT2D eigenvalue weighted by atomic mass is 10.1. The molecule has 2 N–H and O–H groups in total. The fourth-order valence-corrected chi connectivity index (χ4v) is 5.27. The van der Waals surface area contributed by atoms with E-state index in [9.17, 15) is 8.42 Å². The van der Waals surface area contributed by atoms with Crippen LogP contribution in [0.15, 0.2) is 29.4 Å². The minimum atomic E-state index is -3.83. The third-order valence-electron chi connectivity index (χ3n) is 6.28. The number of benzene rings is 1. The number of aromatic nitrogens is 6. The van der Waals surface area contributed by atoms with E-state index in [4.69, 9.17) is 4.98 Å². The molecule has 13 heteroatoms. The van der Waals surface area contributed by atoms with Gasteiger partial charge in [0.25, 0.3) is 0 Å². The number of nitrogens with zero attached hydrogens (tertiary/aromatic N) is 6. The monoisotopic (exact) mass is 528 g/mol. The number of nitrogens with one attached hydrogen (secondary N) is 2. The summed E-state index contributed by atoms with van der Waals surface area (Å²) in [5.74, 6) is -0.812. The smallest absolute Gasteiger partial charge is 0.232 e. The largest absolute Gasteiger partial charge is 0.323 e. The van der Waals surface area contributed by atoms with Gasteiger partial charge in [0.2, 0.25) is 5.95 Å². The molecular weight excluding hydrogens is 502 g/mol. The number of aromatic amines is 1. The molecule has 0 aliphatic heterocycles. The summed E-state index contributed by atoms with van der Waals surface area (Å²) in [6.07, 6.45) is 6.30. The van der Waals surface area contributed by atoms with Crippen molar-refractivity contribution >= 4 is 33.1 Å². The summed E-state index contributed by atoms with van der Waals surface area (Å²) < 4.78 is 56.4. The van der Waals surface area contributed by atoms with Gasteiger partial charge in [0.05, 0.1) is 16.8 Å². The highest BCUT2D eigenvalue weighted by molar-refractivity contribution is 7.90. The molecule has 0 spiro atoms. The van der Waals surface area contributed by atoms with Gasteiger partial charge in [-0.25, -0.2) is 22.2 Å². The Morgan fingerprint density at radius 2 is 1.92 bits per heavy atom. The molecule has 3 heterocycles. The maximum atomic E-state index is 15.4. The Bertz CT molecular complexity index is 1630. The Morgan fingerprint density at radius 3 is 2.49 bits per heavy atom. The summed E-state index contributed by atoms with van der Waals surface area (Å²) in [5, 5.41) is 14.6. The van der Waals surface area contributed by atoms with Gasteiger partial charge >= 0.3 is 0 Å². The van der Waals surface area contributed by atoms with Crippen LogP contribution in [-0.2, 0) is 16.9 Å². The fourth-order valence-electron chi connectivity index (χ4n) is 4.30. The highest BCUT2D eigenvalue weighted by Gasteiger charge is 2.33. The Kier molecular flexibility index (Phi) is 5.97. The Morgan fingerprint density at radius 1 is 1.19 bits per heavy atom. The molecule has 1 aliphatic rings. The van der Waals surface area contributed by atoms with E-state index in [0.717, 1.165) is 42.0 Å². The number of rotatable bonds is 7. The van der Waals surface area contributed by atoms with E-state index in [0.29, 0.717) is 17.3 Å². The fraction of sp³-hybridized carbons (Fsp3) is 0.333. The van der Waals surface area contributed by atoms with Crippen LogP contribution in [0.4, 0.5) is 32.1 Å². The van der Waals surface area contributed by atoms with Gasteiger partial charge < -0.3 is 10.2 Å². The molecular formula is C24H26F2N8O2S. The first-order chi connectivity index (χ1) is 17.4. The molecule has 0 radical (unpaired) electrons. The number of hydrogen-bond acceptors (Lipinski definition) is 8. The molecule has 1 saturated carbocycles. The zero-order valence-corrected chi connectivity index (χ0v) is 21.8. The first-order valence-electron chi connectivity index (χ1n) is 11.6. The van der Waals surface area contributed by atoms with Crippen molar-refractivity contribution in [3.63, 3.8) is 0 Å². The molecule has 0 saturated heterocycles. The van der Waals surface area contributed by atoms with Crippen molar-refractivity contribution in [3.05, 3.63) is 53.0 Å². The highest BCUT2D eigenvalue weighted by atomic mass is 32.2. The molecule has 0 atom stereocenters. The average molecular weight is 529 g/mol. The highest BCUT2D eigenvalue weighted by Crippen LogP contribution is 2.48. The van der Waals surface area contributed by atoms with Crippen LogP contribution in [0.5, 0.6) is 0 Å². The Hall–Kier alpha value is -3.87. The van der Waals surface area contributed by atoms with Crippen molar-refractivity contribution in [2.45, 2.75) is 37.5 Å². The third kappa shape index (κ3) is 4.66. The van der Waals surface area contributed by atoms with E-state index in [2.05, 4.69) is 25.6 Å². The van der Waals surface area contributed by atoms with E-state index in [1.165, 1.54) is 18.9 Å². The number of halogens is 2. The van der Waals surface area contributed by atoms with Crippen molar-refractivity contribution in [2.24, 2.45) is 7.05 Å². The summed E-state index contributed by atoms with van der Waals surface area (Å²) in [6.45, 7) is 3.17. The predicted molar refractivity (Wildman–Crippen MR) is 135 cm³/mol. The molecule has 4 aromatic rings. The van der Waals surface area contributed by atoms with Gasteiger partial charge in [0, 0.05) is 55.0 Å². The number of anilines is 4. The van der Waals surface area contributed by atoms with Crippen LogP contribution in [0.2, 0.25) is 0 Å². The summed E-state index contributed by atoms with van der Waals surface area (Å²) in [4.78, 5) is 10.2. The van der Waals surface area contributed by atoms with E-state index in [1.54, 1.807) is 17.9 Å². The lowest BCUT2D eigenvalue weighted by Gasteiger charge is -2.23. The molecule has 194 valence electrons. The quantitative estimate of drug-likeness (QED) is 0.364. The summed E-state index contributed by atoms with van der Waals surface area (Å²) >= 11 is 0. The van der Waals surface area contributed by atoms with Gasteiger partial charge in [0.1, 0.15) is 11.5 Å². The summed E-state index contributed by atoms with van der Waals surface area (Å²) in [5.41, 5.74) is 2.40. The average Bonchev–Trinajstić information content (AvgIpc) is 3.44. The molecule has 10 nitrogen and oxygen atoms in total. The van der Waals surface area contributed by atoms with Crippen molar-refractivity contribution in [1.82, 2.24) is 29.9 Å². The number of aryl methyl sites for hydroxylation is 2. The van der Waals surface area contributed by atoms with E-state index < -0.39 is 32.1 Å². The van der Waals surface area contributed by atoms with Crippen molar-refractivity contribution in [1.29, 1.82) is 0 Å². The first-order valence-corrected chi connectivity index (χ1v) is 13.5. The standard InChI is InChI=1S/C24H26F2N8O2S/c1-12-8-18(32-31-12)28-23-19(14-6-7-14)21(15-10-27-33(3)11-15)29-24(30-23)34(4)22-16(25)9-17(37(5,35)36)13(2)20(22)26/h8-11,14H,6-7H2,1-5H3,(H2,28,29,30,31,32). The Labute approximate surface area is 212 Å². The van der Waals surface area contributed by atoms with Crippen LogP contribution in [0.25, 0.3) is 11.3 Å². The topological polar surface area (TPSA) is 122 Å². The van der Waals surface area contributed by atoms with Crippen molar-refractivity contribution in [3.8, 4) is 11.3 Å². The zero-order chi connectivity index (χ0) is 26.6. The second kappa shape index (κ2) is 8.91. The summed E-state index contributed by atoms with van der Waals surface area (Å²) in [7, 11) is -0.611. The van der Waals surface area contributed by atoms with E-state index >= 15 is 8.78 Å². The lowest BCUT2D eigenvalue weighted by Crippen LogP contribution is -2.19. The maximum absolute atomic E-state index is 15.4. The number of sulfone groups is 1. The minimum absolute atomic E-state index is 0.0160. The number of H-pyrrole nitrogens is 1. The second-order valence-corrected chi connectivity index (χ2v) is 11.3. The van der Waals surface area contributed by atoms with Gasteiger partial charge in [-0.05, 0) is 38.7 Å². The van der Waals surface area contributed by atoms with Gasteiger partial charge in [-0.2, -0.15) is 15.2 Å². The van der Waals surface area contributed by atoms with Crippen molar-refractivity contribution < 1.29 is 17.2 Å². The van der Waals surface area contributed by atoms with Crippen LogP contribution in [0.1, 0.15) is 35.6 Å². The molecule has 0 amide bonds. The van der Waals surface area contributed by atoms with E-state index in [1.807, 2.05) is 19.2 Å². The molecule has 0 unspecified atom stereocenters. The van der Waals surface area contributed by atoms with Gasteiger partial charge in [-0.1, -0.05) is 0 Å². The first kappa shape index (κ1) is 24.8. The Balaban J connectivity index is 1.70. The van der Waals surface area contributed by atoms with Crippen LogP contribution in [0.3, 0.4) is 0 Å². The lowest BCUT2D eigenvalue weighted by molar-refractivity contribution is 0.562. The predicted octanol–water partition coefficient (Wildman–Crippen LogP) is 4.29. The van der Waals surface area contributed by atoms with Crippen molar-refractivity contribution in [2.75, 3.05) is 23.5 Å². The molecule has 3 aromatic heterocycles. The van der Waals surface area contributed by atoms with Crippen LogP contribution < -0.4 is 10.2 Å². The normalized spacial score (nSPS) is 13.7. The van der Waals surface area contributed by atoms with Crippen LogP contribution in [-0.4, -0.2) is 51.7 Å². The molecule has 1 fully saturated rings. The van der Waals surface area contributed by atoms with Gasteiger partial charge in [0.15, 0.2) is 27.3 Å². The number of hydrogen-bond donors (Lipinski definition) is 2. The van der Waals surface area contributed by atoms with Gasteiger partial charge in [-0.3, -0.25) is 9.78 Å². The third-order valence-corrected chi connectivity index (χ3v) is 7.50. The van der Waals surface area contributed by atoms with Crippen LogP contribution in [0, 0.1) is 25.5 Å². The molecule has 0 bridgehead atoms. The molecule has 5 rings (SSSR count). The van der Waals surface area contributed by atoms with Crippen LogP contribution >= 0.6 is 0 Å². The van der Waals surface area contributed by atoms with Gasteiger partial charge in [-0.15, -0.1) is 0 Å². The second-order valence-electron chi connectivity index (χ2n) is 9.35. The zero-order valence-electron chi connectivity index (χ0n) is 21.0. The molecule has 1 aliphatic carbocycles. The maximum Gasteiger partial charge on any atom is 0.232 e. The summed E-state index contributed by atoms with van der Waals surface area (Å²) in [6, 6.07) is 2.64. The molecule has 37 heavy (non-hydrogen) atoms. The minimum Gasteiger partial charge on any atom is -0.323 e. The SMILES string of the molecule is Cc1cc(Nc2nc(N(C)c3c(F)cc(S(C)(=O)=O)c(C)c3F)nc(-c3cnn(C)c3)c2C2CC2)n[nH]1. The van der Waals surface area contributed by atoms with E-state index in [-0.39, 0.29) is 17.4 Å².